The van der Waals surface area contributed by atoms with E-state index in [0.717, 1.165) is 44.5 Å². The summed E-state index contributed by atoms with van der Waals surface area (Å²) in [6, 6.07) is 19.1. The molecule has 2 aliphatic rings. The predicted molar refractivity (Wildman–Crippen MR) is 107 cm³/mol. The van der Waals surface area contributed by atoms with Crippen LogP contribution in [-0.4, -0.2) is 35.7 Å². The first-order chi connectivity index (χ1) is 12.7. The van der Waals surface area contributed by atoms with Crippen LogP contribution in [0.3, 0.4) is 0 Å². The molecule has 4 rings (SSSR count). The molecule has 2 aromatic carbocycles. The maximum atomic E-state index is 12.6. The third-order valence-corrected chi connectivity index (χ3v) is 6.62. The number of amides is 1. The Morgan fingerprint density at radius 1 is 1.08 bits per heavy atom. The van der Waals surface area contributed by atoms with Gasteiger partial charge in [-0.2, -0.15) is 0 Å². The Morgan fingerprint density at radius 3 is 2.42 bits per heavy atom. The van der Waals surface area contributed by atoms with Crippen molar-refractivity contribution in [1.29, 1.82) is 0 Å². The fourth-order valence-corrected chi connectivity index (χ4v) is 4.70. The average molecular weight is 367 g/mol. The van der Waals surface area contributed by atoms with Gasteiger partial charge in [-0.15, -0.1) is 11.8 Å². The monoisotopic (exact) mass is 366 g/mol. The van der Waals surface area contributed by atoms with Crippen LogP contribution in [0.25, 0.3) is 0 Å². The lowest BCUT2D eigenvalue weighted by Gasteiger charge is -2.39. The summed E-state index contributed by atoms with van der Waals surface area (Å²) in [4.78, 5) is 16.4. The molecular formula is C22H26N2OS. The molecule has 4 heteroatoms. The van der Waals surface area contributed by atoms with Crippen LogP contribution in [0.5, 0.6) is 0 Å². The smallest absolute Gasteiger partial charge is 0.228 e. The molecule has 2 heterocycles. The lowest BCUT2D eigenvalue weighted by molar-refractivity contribution is -0.121. The van der Waals surface area contributed by atoms with Crippen molar-refractivity contribution in [2.75, 3.05) is 19.3 Å². The Labute approximate surface area is 160 Å². The van der Waals surface area contributed by atoms with Crippen molar-refractivity contribution >= 4 is 17.7 Å². The fraction of sp³-hybridized carbons (Fsp3) is 0.409. The average Bonchev–Trinajstić information content (AvgIpc) is 3.01. The molecule has 0 bridgehead atoms. The molecule has 0 saturated carbocycles. The summed E-state index contributed by atoms with van der Waals surface area (Å²) < 4.78 is 0. The number of piperidine rings is 1. The van der Waals surface area contributed by atoms with E-state index in [4.69, 9.17) is 0 Å². The topological polar surface area (TPSA) is 32.3 Å². The lowest BCUT2D eigenvalue weighted by Crippen LogP contribution is -2.50. The Bertz CT molecular complexity index is 751. The highest BCUT2D eigenvalue weighted by Gasteiger charge is 2.45. The molecule has 0 unspecified atom stereocenters. The van der Waals surface area contributed by atoms with E-state index < -0.39 is 0 Å². The van der Waals surface area contributed by atoms with E-state index in [2.05, 4.69) is 52.9 Å². The van der Waals surface area contributed by atoms with Gasteiger partial charge in [-0.3, -0.25) is 9.69 Å². The van der Waals surface area contributed by atoms with Gasteiger partial charge in [0.05, 0.1) is 5.92 Å². The van der Waals surface area contributed by atoms with E-state index in [1.807, 2.05) is 18.2 Å². The molecule has 2 saturated heterocycles. The van der Waals surface area contributed by atoms with Crippen LogP contribution in [0.1, 0.15) is 36.3 Å². The number of rotatable bonds is 4. The Morgan fingerprint density at radius 2 is 1.77 bits per heavy atom. The molecule has 1 amide bonds. The minimum atomic E-state index is -0.00318. The Kier molecular flexibility index (Phi) is 5.05. The number of thioether (sulfide) groups is 1. The fourth-order valence-electron chi connectivity index (χ4n) is 4.29. The number of carbonyl (C=O) groups is 1. The van der Waals surface area contributed by atoms with Gasteiger partial charge in [0.2, 0.25) is 5.91 Å². The van der Waals surface area contributed by atoms with Crippen LogP contribution in [-0.2, 0) is 11.3 Å². The third kappa shape index (κ3) is 3.67. The van der Waals surface area contributed by atoms with Gasteiger partial charge in [0.15, 0.2) is 0 Å². The van der Waals surface area contributed by atoms with Gasteiger partial charge in [-0.1, -0.05) is 42.5 Å². The first-order valence-electron chi connectivity index (χ1n) is 9.40. The van der Waals surface area contributed by atoms with Gasteiger partial charge < -0.3 is 5.32 Å². The summed E-state index contributed by atoms with van der Waals surface area (Å²) in [5, 5.41) is 3.35. The van der Waals surface area contributed by atoms with Gasteiger partial charge >= 0.3 is 0 Å². The minimum absolute atomic E-state index is 0.00318. The van der Waals surface area contributed by atoms with Crippen molar-refractivity contribution in [1.82, 2.24) is 10.2 Å². The van der Waals surface area contributed by atoms with E-state index >= 15 is 0 Å². The van der Waals surface area contributed by atoms with E-state index in [-0.39, 0.29) is 17.4 Å². The van der Waals surface area contributed by atoms with Gasteiger partial charge in [-0.05, 0) is 48.8 Å². The number of likely N-dealkylation sites (tertiary alicyclic amines) is 1. The number of hydrogen-bond acceptors (Lipinski definition) is 3. The molecule has 2 fully saturated rings. The summed E-state index contributed by atoms with van der Waals surface area (Å²) in [5.74, 6) is 0.221. The largest absolute Gasteiger partial charge is 0.350 e. The van der Waals surface area contributed by atoms with Crippen LogP contribution < -0.4 is 5.32 Å². The molecule has 3 nitrogen and oxygen atoms in total. The first kappa shape index (κ1) is 17.6. The van der Waals surface area contributed by atoms with Crippen molar-refractivity contribution in [3.63, 3.8) is 0 Å². The number of benzene rings is 2. The zero-order valence-electron chi connectivity index (χ0n) is 15.3. The van der Waals surface area contributed by atoms with Crippen molar-refractivity contribution in [3.8, 4) is 0 Å². The molecule has 0 aromatic heterocycles. The van der Waals surface area contributed by atoms with E-state index in [1.54, 1.807) is 11.8 Å². The zero-order chi connectivity index (χ0) is 18.0. The van der Waals surface area contributed by atoms with Crippen molar-refractivity contribution in [2.24, 2.45) is 0 Å². The summed E-state index contributed by atoms with van der Waals surface area (Å²) in [6.45, 7) is 3.10. The summed E-state index contributed by atoms with van der Waals surface area (Å²) in [7, 11) is 0. The van der Waals surface area contributed by atoms with Gasteiger partial charge in [0, 0.05) is 30.1 Å². The maximum absolute atomic E-state index is 12.6. The van der Waals surface area contributed by atoms with Gasteiger partial charge in [0.25, 0.3) is 0 Å². The third-order valence-electron chi connectivity index (χ3n) is 5.88. The van der Waals surface area contributed by atoms with Crippen LogP contribution in [0, 0.1) is 0 Å². The van der Waals surface area contributed by atoms with Gasteiger partial charge in [-0.25, -0.2) is 0 Å². The Balaban J connectivity index is 1.36. The van der Waals surface area contributed by atoms with Crippen molar-refractivity contribution in [3.05, 3.63) is 65.7 Å². The molecule has 26 heavy (non-hydrogen) atoms. The van der Waals surface area contributed by atoms with Crippen LogP contribution >= 0.6 is 11.8 Å². The molecule has 136 valence electrons. The number of nitrogens with zero attached hydrogens (tertiary/aromatic N) is 1. The summed E-state index contributed by atoms with van der Waals surface area (Å²) in [5.41, 5.74) is 2.52. The van der Waals surface area contributed by atoms with Crippen molar-refractivity contribution < 1.29 is 4.79 Å². The summed E-state index contributed by atoms with van der Waals surface area (Å²) in [6.07, 6.45) is 5.14. The predicted octanol–water partition coefficient (Wildman–Crippen LogP) is 4.05. The normalized spacial score (nSPS) is 22.5. The SMILES string of the molecule is CSc1ccc(CN2CCC3(CC2)C[C@@H](c2ccccc2)C(=O)N3)cc1. The molecule has 0 radical (unpaired) electrons. The molecule has 1 atom stereocenters. The number of nitrogens with one attached hydrogen (secondary N) is 1. The highest BCUT2D eigenvalue weighted by molar-refractivity contribution is 7.98. The molecular weight excluding hydrogens is 340 g/mol. The van der Waals surface area contributed by atoms with E-state index in [0.29, 0.717) is 0 Å². The molecule has 2 aromatic rings. The molecule has 2 aliphatic heterocycles. The van der Waals surface area contributed by atoms with Gasteiger partial charge in [0.1, 0.15) is 0 Å². The highest BCUT2D eigenvalue weighted by Crippen LogP contribution is 2.39. The number of hydrogen-bond donors (Lipinski definition) is 1. The van der Waals surface area contributed by atoms with Crippen LogP contribution in [0.4, 0.5) is 0 Å². The highest BCUT2D eigenvalue weighted by atomic mass is 32.2. The minimum Gasteiger partial charge on any atom is -0.350 e. The van der Waals surface area contributed by atoms with Crippen LogP contribution in [0.15, 0.2) is 59.5 Å². The van der Waals surface area contributed by atoms with Crippen molar-refractivity contribution in [2.45, 2.75) is 42.2 Å². The summed E-state index contributed by atoms with van der Waals surface area (Å²) >= 11 is 1.78. The molecule has 1 N–H and O–H groups in total. The second-order valence-corrected chi connectivity index (χ2v) is 8.44. The van der Waals surface area contributed by atoms with E-state index in [1.165, 1.54) is 10.5 Å². The zero-order valence-corrected chi connectivity index (χ0v) is 16.1. The maximum Gasteiger partial charge on any atom is 0.228 e. The van der Waals surface area contributed by atoms with Crippen LogP contribution in [0.2, 0.25) is 0 Å². The lowest BCUT2D eigenvalue weighted by atomic mass is 9.82. The van der Waals surface area contributed by atoms with E-state index in [9.17, 15) is 4.79 Å². The standard InChI is InChI=1S/C22H26N2OS/c1-26-19-9-7-17(8-10-19)16-24-13-11-22(12-14-24)15-20(21(25)23-22)18-5-3-2-4-6-18/h2-10,20H,11-16H2,1H3,(H,23,25)/t20-/m0/s1. The first-order valence-corrected chi connectivity index (χ1v) is 10.6. The second-order valence-electron chi connectivity index (χ2n) is 7.56. The second kappa shape index (κ2) is 7.45. The Hall–Kier alpha value is -1.78. The number of carbonyl (C=O) groups excluding carboxylic acids is 1. The quantitative estimate of drug-likeness (QED) is 0.829. The molecule has 0 aliphatic carbocycles. The molecule has 1 spiro atoms.